The number of halogens is 1. The van der Waals surface area contributed by atoms with Gasteiger partial charge >= 0.3 is 0 Å². The van der Waals surface area contributed by atoms with E-state index in [4.69, 9.17) is 15.2 Å². The lowest BCUT2D eigenvalue weighted by atomic mass is 9.98. The molecule has 1 atom stereocenters. The fourth-order valence-corrected chi connectivity index (χ4v) is 1.96. The molecular formula is C15H16FNO2. The van der Waals surface area contributed by atoms with E-state index in [9.17, 15) is 4.39 Å². The van der Waals surface area contributed by atoms with Crippen molar-refractivity contribution in [3.63, 3.8) is 0 Å². The van der Waals surface area contributed by atoms with Crippen LogP contribution in [0.15, 0.2) is 42.5 Å². The molecule has 0 aliphatic carbocycles. The maximum atomic E-state index is 13.4. The molecule has 0 aliphatic heterocycles. The Morgan fingerprint density at radius 2 is 1.84 bits per heavy atom. The Morgan fingerprint density at radius 1 is 1.05 bits per heavy atom. The molecule has 0 unspecified atom stereocenters. The second kappa shape index (κ2) is 5.71. The summed E-state index contributed by atoms with van der Waals surface area (Å²) in [6.07, 6.45) is 0. The number of hydrogen-bond donors (Lipinski definition) is 1. The van der Waals surface area contributed by atoms with Gasteiger partial charge in [0, 0.05) is 5.56 Å². The van der Waals surface area contributed by atoms with Crippen molar-refractivity contribution in [2.45, 2.75) is 6.04 Å². The van der Waals surface area contributed by atoms with E-state index in [0.29, 0.717) is 17.1 Å². The molecule has 0 radical (unpaired) electrons. The molecule has 0 fully saturated rings. The highest BCUT2D eigenvalue weighted by Gasteiger charge is 2.15. The maximum Gasteiger partial charge on any atom is 0.124 e. The van der Waals surface area contributed by atoms with Crippen molar-refractivity contribution in [1.82, 2.24) is 0 Å². The van der Waals surface area contributed by atoms with Crippen LogP contribution in [-0.4, -0.2) is 14.2 Å². The number of ether oxygens (including phenoxy) is 2. The lowest BCUT2D eigenvalue weighted by Gasteiger charge is -2.16. The van der Waals surface area contributed by atoms with E-state index in [1.165, 1.54) is 19.2 Å². The quantitative estimate of drug-likeness (QED) is 0.920. The lowest BCUT2D eigenvalue weighted by molar-refractivity contribution is 0.405. The monoisotopic (exact) mass is 261 g/mol. The summed E-state index contributed by atoms with van der Waals surface area (Å²) in [5.41, 5.74) is 7.63. The Balaban J connectivity index is 2.42. The average Bonchev–Trinajstić information content (AvgIpc) is 2.46. The van der Waals surface area contributed by atoms with Crippen LogP contribution in [0.4, 0.5) is 4.39 Å². The summed E-state index contributed by atoms with van der Waals surface area (Å²) < 4.78 is 23.8. The summed E-state index contributed by atoms with van der Waals surface area (Å²) in [6.45, 7) is 0. The van der Waals surface area contributed by atoms with Gasteiger partial charge < -0.3 is 15.2 Å². The zero-order valence-corrected chi connectivity index (χ0v) is 10.9. The van der Waals surface area contributed by atoms with Crippen molar-refractivity contribution in [3.05, 3.63) is 59.4 Å². The second-order valence-electron chi connectivity index (χ2n) is 4.14. The first-order valence-electron chi connectivity index (χ1n) is 5.88. The first-order chi connectivity index (χ1) is 9.15. The Hall–Kier alpha value is -2.07. The largest absolute Gasteiger partial charge is 0.497 e. The molecule has 0 saturated heterocycles. The molecule has 100 valence electrons. The minimum absolute atomic E-state index is 0.339. The summed E-state index contributed by atoms with van der Waals surface area (Å²) in [4.78, 5) is 0. The highest BCUT2D eigenvalue weighted by molar-refractivity contribution is 5.43. The molecule has 2 aromatic rings. The van der Waals surface area contributed by atoms with Crippen LogP contribution in [0.1, 0.15) is 17.2 Å². The smallest absolute Gasteiger partial charge is 0.124 e. The molecule has 0 heterocycles. The summed E-state index contributed by atoms with van der Waals surface area (Å²) in [5, 5.41) is 0. The molecule has 3 nitrogen and oxygen atoms in total. The molecule has 0 aromatic heterocycles. The molecule has 2 aromatic carbocycles. The molecule has 0 saturated carbocycles. The van der Waals surface area contributed by atoms with Gasteiger partial charge in [-0.25, -0.2) is 4.39 Å². The van der Waals surface area contributed by atoms with Crippen LogP contribution in [0.5, 0.6) is 11.5 Å². The summed E-state index contributed by atoms with van der Waals surface area (Å²) in [5.74, 6) is 0.939. The van der Waals surface area contributed by atoms with E-state index in [2.05, 4.69) is 0 Å². The zero-order chi connectivity index (χ0) is 13.8. The van der Waals surface area contributed by atoms with Crippen LogP contribution in [0, 0.1) is 5.82 Å². The fourth-order valence-electron chi connectivity index (χ4n) is 1.96. The maximum absolute atomic E-state index is 13.4. The van der Waals surface area contributed by atoms with Crippen molar-refractivity contribution in [2.24, 2.45) is 5.73 Å². The minimum atomic E-state index is -0.472. The number of methoxy groups -OCH3 is 2. The third kappa shape index (κ3) is 2.85. The highest BCUT2D eigenvalue weighted by atomic mass is 19.1. The molecule has 0 amide bonds. The van der Waals surface area contributed by atoms with Crippen LogP contribution in [0.25, 0.3) is 0 Å². The third-order valence-electron chi connectivity index (χ3n) is 2.98. The molecule has 2 rings (SSSR count). The van der Waals surface area contributed by atoms with Crippen molar-refractivity contribution in [1.29, 1.82) is 0 Å². The van der Waals surface area contributed by atoms with E-state index < -0.39 is 6.04 Å². The molecular weight excluding hydrogens is 245 g/mol. The van der Waals surface area contributed by atoms with Crippen molar-refractivity contribution < 1.29 is 13.9 Å². The standard InChI is InChI=1S/C15H16FNO2/c1-18-12-5-3-4-10(8-12)15(17)13-9-11(16)6-7-14(13)19-2/h3-9,15H,17H2,1-2H3/t15-/m1/s1. The number of nitrogens with two attached hydrogens (primary N) is 1. The van der Waals surface area contributed by atoms with E-state index in [0.717, 1.165) is 5.56 Å². The van der Waals surface area contributed by atoms with Crippen molar-refractivity contribution in [2.75, 3.05) is 14.2 Å². The van der Waals surface area contributed by atoms with Gasteiger partial charge in [-0.3, -0.25) is 0 Å². The Morgan fingerprint density at radius 3 is 2.53 bits per heavy atom. The zero-order valence-electron chi connectivity index (χ0n) is 10.9. The minimum Gasteiger partial charge on any atom is -0.497 e. The van der Waals surface area contributed by atoms with Gasteiger partial charge in [0.1, 0.15) is 17.3 Å². The van der Waals surface area contributed by atoms with Crippen LogP contribution < -0.4 is 15.2 Å². The van der Waals surface area contributed by atoms with Crippen LogP contribution in [0.2, 0.25) is 0 Å². The molecule has 0 aliphatic rings. The van der Waals surface area contributed by atoms with Gasteiger partial charge in [0.15, 0.2) is 0 Å². The van der Waals surface area contributed by atoms with Crippen molar-refractivity contribution >= 4 is 0 Å². The van der Waals surface area contributed by atoms with E-state index >= 15 is 0 Å². The molecule has 0 spiro atoms. The van der Waals surface area contributed by atoms with E-state index in [1.54, 1.807) is 13.2 Å². The Kier molecular flexibility index (Phi) is 4.02. The Labute approximate surface area is 111 Å². The van der Waals surface area contributed by atoms with Gasteiger partial charge in [-0.15, -0.1) is 0 Å². The topological polar surface area (TPSA) is 44.5 Å². The molecule has 2 N–H and O–H groups in total. The highest BCUT2D eigenvalue weighted by Crippen LogP contribution is 2.30. The van der Waals surface area contributed by atoms with Crippen molar-refractivity contribution in [3.8, 4) is 11.5 Å². The number of benzene rings is 2. The van der Waals surface area contributed by atoms with Crippen LogP contribution in [-0.2, 0) is 0 Å². The fraction of sp³-hybridized carbons (Fsp3) is 0.200. The molecule has 0 bridgehead atoms. The van der Waals surface area contributed by atoms with E-state index in [-0.39, 0.29) is 5.82 Å². The summed E-state index contributed by atoms with van der Waals surface area (Å²) in [6, 6.07) is 11.2. The summed E-state index contributed by atoms with van der Waals surface area (Å²) in [7, 11) is 3.13. The third-order valence-corrected chi connectivity index (χ3v) is 2.98. The summed E-state index contributed by atoms with van der Waals surface area (Å²) >= 11 is 0. The lowest BCUT2D eigenvalue weighted by Crippen LogP contribution is -2.13. The normalized spacial score (nSPS) is 12.0. The van der Waals surface area contributed by atoms with Gasteiger partial charge in [-0.2, -0.15) is 0 Å². The van der Waals surface area contributed by atoms with Gasteiger partial charge in [0.05, 0.1) is 20.3 Å². The van der Waals surface area contributed by atoms with Gasteiger partial charge in [-0.05, 0) is 35.9 Å². The van der Waals surface area contributed by atoms with Gasteiger partial charge in [0.2, 0.25) is 0 Å². The van der Waals surface area contributed by atoms with E-state index in [1.807, 2.05) is 24.3 Å². The second-order valence-corrected chi connectivity index (χ2v) is 4.14. The first-order valence-corrected chi connectivity index (χ1v) is 5.88. The van der Waals surface area contributed by atoms with Crippen LogP contribution in [0.3, 0.4) is 0 Å². The predicted octanol–water partition coefficient (Wildman–Crippen LogP) is 2.89. The average molecular weight is 261 g/mol. The van der Waals surface area contributed by atoms with Crippen LogP contribution >= 0.6 is 0 Å². The van der Waals surface area contributed by atoms with Gasteiger partial charge in [0.25, 0.3) is 0 Å². The number of rotatable bonds is 4. The number of hydrogen-bond acceptors (Lipinski definition) is 3. The Bertz CT molecular complexity index is 572. The first kappa shape index (κ1) is 13.4. The molecule has 4 heteroatoms. The molecule has 19 heavy (non-hydrogen) atoms. The SMILES string of the molecule is COc1cccc([C@@H](N)c2cc(F)ccc2OC)c1. The van der Waals surface area contributed by atoms with Gasteiger partial charge in [-0.1, -0.05) is 12.1 Å². The predicted molar refractivity (Wildman–Crippen MR) is 72.0 cm³/mol.